The number of nitrogens with zero attached hydrogens (tertiary/aromatic N) is 2. The van der Waals surface area contributed by atoms with Crippen LogP contribution in [-0.2, 0) is 14.8 Å². The number of fused-ring (bicyclic) bond motifs is 1. The summed E-state index contributed by atoms with van der Waals surface area (Å²) in [5.41, 5.74) is 2.21. The van der Waals surface area contributed by atoms with Gasteiger partial charge in [0.15, 0.2) is 5.58 Å². The van der Waals surface area contributed by atoms with Crippen LogP contribution in [0.5, 0.6) is 0 Å². The molecular formula is C21H29N3O5S. The smallest absolute Gasteiger partial charge is 0.410 e. The van der Waals surface area contributed by atoms with Crippen LogP contribution in [0, 0.1) is 0 Å². The Morgan fingerprint density at radius 1 is 1.23 bits per heavy atom. The molecule has 2 aromatic heterocycles. The molecule has 1 N–H and O–H groups in total. The van der Waals surface area contributed by atoms with E-state index >= 15 is 0 Å². The largest absolute Gasteiger partial charge is 0.462 e. The first-order chi connectivity index (χ1) is 14.1. The average molecular weight is 436 g/mol. The van der Waals surface area contributed by atoms with E-state index in [0.717, 1.165) is 42.3 Å². The molecule has 1 aliphatic heterocycles. The highest BCUT2D eigenvalue weighted by Crippen LogP contribution is 2.37. The summed E-state index contributed by atoms with van der Waals surface area (Å²) >= 11 is 0. The second-order valence-corrected chi connectivity index (χ2v) is 11.3. The number of sulfonamides is 1. The van der Waals surface area contributed by atoms with Gasteiger partial charge in [-0.15, -0.1) is 0 Å². The van der Waals surface area contributed by atoms with Crippen LogP contribution < -0.4 is 4.72 Å². The molecule has 0 unspecified atom stereocenters. The number of carbonyl (C=O) groups is 1. The van der Waals surface area contributed by atoms with E-state index < -0.39 is 27.0 Å². The highest BCUT2D eigenvalue weighted by atomic mass is 32.2. The number of carbonyl (C=O) groups excluding carboxylic acids is 1. The minimum absolute atomic E-state index is 0.0760. The molecule has 30 heavy (non-hydrogen) atoms. The second-order valence-electron chi connectivity index (χ2n) is 9.26. The Hall–Kier alpha value is -2.13. The summed E-state index contributed by atoms with van der Waals surface area (Å²) in [5, 5.41) is -0.579. The van der Waals surface area contributed by atoms with Crippen molar-refractivity contribution in [2.24, 2.45) is 0 Å². The Kier molecular flexibility index (Phi) is 5.52. The van der Waals surface area contributed by atoms with Gasteiger partial charge in [-0.1, -0.05) is 0 Å². The topological polar surface area (TPSA) is 102 Å². The number of ether oxygens (including phenoxy) is 1. The fourth-order valence-electron chi connectivity index (χ4n) is 4.14. The predicted molar refractivity (Wildman–Crippen MR) is 113 cm³/mol. The first-order valence-corrected chi connectivity index (χ1v) is 12.0. The molecule has 1 saturated heterocycles. The SMILES string of the molecule is CC(C)(C)OC(=O)N1CC(S(=O)(=O)NC2CCC(c3coc4cccnc34)CC2)C1. The lowest BCUT2D eigenvalue weighted by atomic mass is 9.82. The van der Waals surface area contributed by atoms with Gasteiger partial charge in [-0.2, -0.15) is 0 Å². The molecule has 2 aromatic rings. The molecule has 2 aliphatic rings. The van der Waals surface area contributed by atoms with Gasteiger partial charge < -0.3 is 14.1 Å². The van der Waals surface area contributed by atoms with Crippen molar-refractivity contribution < 1.29 is 22.4 Å². The van der Waals surface area contributed by atoms with E-state index in [1.165, 1.54) is 4.90 Å². The number of pyridine rings is 1. The zero-order chi connectivity index (χ0) is 21.5. The Morgan fingerprint density at radius 2 is 1.93 bits per heavy atom. The molecule has 0 radical (unpaired) electrons. The maximum atomic E-state index is 12.7. The number of furan rings is 1. The van der Waals surface area contributed by atoms with Crippen LogP contribution in [0.4, 0.5) is 4.79 Å². The quantitative estimate of drug-likeness (QED) is 0.790. The maximum absolute atomic E-state index is 12.7. The highest BCUT2D eigenvalue weighted by Gasteiger charge is 2.42. The number of amides is 1. The third kappa shape index (κ3) is 4.46. The molecule has 9 heteroatoms. The van der Waals surface area contributed by atoms with Crippen LogP contribution >= 0.6 is 0 Å². The standard InChI is InChI=1S/C21H29N3O5S/c1-21(2,3)29-20(25)24-11-16(12-24)30(26,27)23-15-8-6-14(7-9-15)17-13-28-18-5-4-10-22-19(17)18/h4-5,10,13-16,23H,6-9,11-12H2,1-3H3. The Labute approximate surface area is 177 Å². The Morgan fingerprint density at radius 3 is 2.60 bits per heavy atom. The number of likely N-dealkylation sites (tertiary alicyclic amines) is 1. The van der Waals surface area contributed by atoms with E-state index in [0.29, 0.717) is 5.92 Å². The molecule has 0 spiro atoms. The molecule has 0 bridgehead atoms. The number of nitrogens with one attached hydrogen (secondary N) is 1. The van der Waals surface area contributed by atoms with Crippen LogP contribution in [0.15, 0.2) is 29.0 Å². The van der Waals surface area contributed by atoms with E-state index in [2.05, 4.69) is 9.71 Å². The Balaban J connectivity index is 1.28. The molecule has 1 aliphatic carbocycles. The molecule has 1 saturated carbocycles. The fraction of sp³-hybridized carbons (Fsp3) is 0.619. The minimum Gasteiger partial charge on any atom is -0.462 e. The zero-order valence-corrected chi connectivity index (χ0v) is 18.4. The van der Waals surface area contributed by atoms with Gasteiger partial charge in [0.1, 0.15) is 16.4 Å². The summed E-state index contributed by atoms with van der Waals surface area (Å²) in [7, 11) is -3.47. The van der Waals surface area contributed by atoms with Gasteiger partial charge in [0.05, 0.1) is 6.26 Å². The van der Waals surface area contributed by atoms with Gasteiger partial charge in [-0.25, -0.2) is 17.9 Å². The Bertz CT molecular complexity index is 1010. The van der Waals surface area contributed by atoms with Gasteiger partial charge in [0.2, 0.25) is 10.0 Å². The number of hydrogen-bond donors (Lipinski definition) is 1. The van der Waals surface area contributed by atoms with E-state index in [4.69, 9.17) is 9.15 Å². The molecule has 3 heterocycles. The van der Waals surface area contributed by atoms with E-state index in [1.807, 2.05) is 12.1 Å². The van der Waals surface area contributed by atoms with Crippen molar-refractivity contribution in [1.82, 2.24) is 14.6 Å². The van der Waals surface area contributed by atoms with Gasteiger partial charge >= 0.3 is 6.09 Å². The summed E-state index contributed by atoms with van der Waals surface area (Å²) in [6.07, 6.45) is 6.39. The van der Waals surface area contributed by atoms with Crippen LogP contribution in [0.1, 0.15) is 57.9 Å². The third-order valence-corrected chi connectivity index (χ3v) is 7.63. The van der Waals surface area contributed by atoms with E-state index in [1.54, 1.807) is 33.2 Å². The predicted octanol–water partition coefficient (Wildman–Crippen LogP) is 3.39. The van der Waals surface area contributed by atoms with Crippen LogP contribution in [0.3, 0.4) is 0 Å². The monoisotopic (exact) mass is 435 g/mol. The molecule has 0 aromatic carbocycles. The van der Waals surface area contributed by atoms with Crippen molar-refractivity contribution in [3.8, 4) is 0 Å². The second kappa shape index (κ2) is 7.85. The maximum Gasteiger partial charge on any atom is 0.410 e. The van der Waals surface area contributed by atoms with Crippen LogP contribution in [0.2, 0.25) is 0 Å². The molecule has 1 amide bonds. The molecule has 164 valence electrons. The normalized spacial score (nSPS) is 23.4. The van der Waals surface area contributed by atoms with Gasteiger partial charge in [0.25, 0.3) is 0 Å². The summed E-state index contributed by atoms with van der Waals surface area (Å²) < 4.78 is 39.2. The summed E-state index contributed by atoms with van der Waals surface area (Å²) in [5.74, 6) is 0.327. The summed E-state index contributed by atoms with van der Waals surface area (Å²) in [6, 6.07) is 3.68. The van der Waals surface area contributed by atoms with E-state index in [9.17, 15) is 13.2 Å². The zero-order valence-electron chi connectivity index (χ0n) is 17.6. The van der Waals surface area contributed by atoms with Crippen LogP contribution in [0.25, 0.3) is 11.1 Å². The molecule has 2 fully saturated rings. The fourth-order valence-corrected chi connectivity index (χ4v) is 5.78. The summed E-state index contributed by atoms with van der Waals surface area (Å²) in [6.45, 7) is 5.72. The lowest BCUT2D eigenvalue weighted by Crippen LogP contribution is -2.61. The van der Waals surface area contributed by atoms with Crippen molar-refractivity contribution >= 4 is 27.2 Å². The number of hydrogen-bond acceptors (Lipinski definition) is 6. The number of aromatic nitrogens is 1. The minimum atomic E-state index is -3.47. The molecular weight excluding hydrogens is 406 g/mol. The molecule has 4 rings (SSSR count). The lowest BCUT2D eigenvalue weighted by Gasteiger charge is -2.40. The van der Waals surface area contributed by atoms with Gasteiger partial charge in [0, 0.05) is 30.9 Å². The third-order valence-electron chi connectivity index (χ3n) is 5.79. The van der Waals surface area contributed by atoms with Crippen LogP contribution in [-0.4, -0.2) is 54.4 Å². The average Bonchev–Trinajstić information content (AvgIpc) is 3.03. The lowest BCUT2D eigenvalue weighted by molar-refractivity contribution is 0.0138. The van der Waals surface area contributed by atoms with Crippen molar-refractivity contribution in [3.05, 3.63) is 30.2 Å². The van der Waals surface area contributed by atoms with Crippen molar-refractivity contribution in [2.75, 3.05) is 13.1 Å². The molecule has 0 atom stereocenters. The van der Waals surface area contributed by atoms with Crippen molar-refractivity contribution in [3.63, 3.8) is 0 Å². The first kappa shape index (κ1) is 21.1. The number of rotatable bonds is 4. The summed E-state index contributed by atoms with van der Waals surface area (Å²) in [4.78, 5) is 17.9. The highest BCUT2D eigenvalue weighted by molar-refractivity contribution is 7.90. The molecule has 8 nitrogen and oxygen atoms in total. The van der Waals surface area contributed by atoms with E-state index in [-0.39, 0.29) is 19.1 Å². The first-order valence-electron chi connectivity index (χ1n) is 10.4. The van der Waals surface area contributed by atoms with Gasteiger partial charge in [-0.05, 0) is 64.5 Å². The van der Waals surface area contributed by atoms with Crippen molar-refractivity contribution in [1.29, 1.82) is 0 Å². The van der Waals surface area contributed by atoms with Gasteiger partial charge in [-0.3, -0.25) is 4.98 Å². The van der Waals surface area contributed by atoms with Crippen molar-refractivity contribution in [2.45, 2.75) is 69.3 Å².